The lowest BCUT2D eigenvalue weighted by Crippen LogP contribution is -2.24. The van der Waals surface area contributed by atoms with E-state index in [0.29, 0.717) is 0 Å². The summed E-state index contributed by atoms with van der Waals surface area (Å²) in [6.45, 7) is 0.825. The first-order valence-electron chi connectivity index (χ1n) is 6.16. The summed E-state index contributed by atoms with van der Waals surface area (Å²) < 4.78 is 0. The highest BCUT2D eigenvalue weighted by molar-refractivity contribution is 7.08. The van der Waals surface area contributed by atoms with Gasteiger partial charge in [-0.1, -0.05) is 25.7 Å². The minimum Gasteiger partial charge on any atom is -0.352 e. The zero-order valence-electron chi connectivity index (χ0n) is 9.58. The van der Waals surface area contributed by atoms with Crippen molar-refractivity contribution in [3.63, 3.8) is 0 Å². The molecule has 1 aliphatic rings. The van der Waals surface area contributed by atoms with Gasteiger partial charge in [-0.3, -0.25) is 4.79 Å². The Bertz CT molecular complexity index is 315. The second kappa shape index (κ2) is 6.04. The first kappa shape index (κ1) is 11.6. The SMILES string of the molecule is O=C(NCCCC1CCCC1)c1ccsc1. The van der Waals surface area contributed by atoms with E-state index in [4.69, 9.17) is 0 Å². The summed E-state index contributed by atoms with van der Waals surface area (Å²) in [7, 11) is 0. The molecule has 1 heterocycles. The molecule has 16 heavy (non-hydrogen) atoms. The Morgan fingerprint density at radius 1 is 1.44 bits per heavy atom. The number of carbonyl (C=O) groups excluding carboxylic acids is 1. The quantitative estimate of drug-likeness (QED) is 0.781. The van der Waals surface area contributed by atoms with Crippen molar-refractivity contribution in [3.05, 3.63) is 22.4 Å². The molecule has 0 atom stereocenters. The minimum absolute atomic E-state index is 0.0765. The number of hydrogen-bond acceptors (Lipinski definition) is 2. The Hall–Kier alpha value is -0.830. The Kier molecular flexibility index (Phi) is 4.40. The summed E-state index contributed by atoms with van der Waals surface area (Å²) in [6.07, 6.45) is 8.03. The predicted octanol–water partition coefficient (Wildman–Crippen LogP) is 3.45. The van der Waals surface area contributed by atoms with Crippen LogP contribution in [0.3, 0.4) is 0 Å². The lowest BCUT2D eigenvalue weighted by Gasteiger charge is -2.08. The molecule has 0 saturated heterocycles. The summed E-state index contributed by atoms with van der Waals surface area (Å²) in [5, 5.41) is 6.81. The predicted molar refractivity (Wildman–Crippen MR) is 67.8 cm³/mol. The van der Waals surface area contributed by atoms with Crippen LogP contribution in [0.2, 0.25) is 0 Å². The van der Waals surface area contributed by atoms with Gasteiger partial charge in [-0.2, -0.15) is 11.3 Å². The second-order valence-corrected chi connectivity index (χ2v) is 5.34. The van der Waals surface area contributed by atoms with E-state index in [0.717, 1.165) is 24.4 Å². The lowest BCUT2D eigenvalue weighted by molar-refractivity contribution is 0.0953. The Labute approximate surface area is 101 Å². The summed E-state index contributed by atoms with van der Waals surface area (Å²) in [4.78, 5) is 11.6. The van der Waals surface area contributed by atoms with Crippen LogP contribution in [0, 0.1) is 5.92 Å². The maximum atomic E-state index is 11.6. The molecule has 0 bridgehead atoms. The average molecular weight is 237 g/mol. The van der Waals surface area contributed by atoms with Crippen LogP contribution < -0.4 is 5.32 Å². The van der Waals surface area contributed by atoms with Crippen LogP contribution in [0.1, 0.15) is 48.9 Å². The zero-order valence-corrected chi connectivity index (χ0v) is 10.4. The molecule has 1 N–H and O–H groups in total. The van der Waals surface area contributed by atoms with Gasteiger partial charge in [0.15, 0.2) is 0 Å². The topological polar surface area (TPSA) is 29.1 Å². The summed E-state index contributed by atoms with van der Waals surface area (Å²) >= 11 is 1.57. The van der Waals surface area contributed by atoms with Gasteiger partial charge in [0, 0.05) is 17.5 Å². The molecule has 0 unspecified atom stereocenters. The fourth-order valence-corrected chi connectivity index (χ4v) is 3.02. The molecule has 1 amide bonds. The van der Waals surface area contributed by atoms with E-state index in [9.17, 15) is 4.79 Å². The van der Waals surface area contributed by atoms with E-state index in [1.165, 1.54) is 32.1 Å². The molecule has 0 aromatic carbocycles. The molecule has 0 aliphatic heterocycles. The maximum absolute atomic E-state index is 11.6. The van der Waals surface area contributed by atoms with Gasteiger partial charge in [-0.25, -0.2) is 0 Å². The molecule has 88 valence electrons. The lowest BCUT2D eigenvalue weighted by atomic mass is 10.0. The van der Waals surface area contributed by atoms with Crippen LogP contribution in [0.4, 0.5) is 0 Å². The van der Waals surface area contributed by atoms with Crippen molar-refractivity contribution in [1.29, 1.82) is 0 Å². The van der Waals surface area contributed by atoms with Crippen LogP contribution in [0.5, 0.6) is 0 Å². The number of rotatable bonds is 5. The minimum atomic E-state index is 0.0765. The van der Waals surface area contributed by atoms with Crippen LogP contribution in [0.25, 0.3) is 0 Å². The van der Waals surface area contributed by atoms with Gasteiger partial charge in [0.05, 0.1) is 0 Å². The fraction of sp³-hybridized carbons (Fsp3) is 0.615. The van der Waals surface area contributed by atoms with Crippen molar-refractivity contribution in [2.75, 3.05) is 6.54 Å². The number of nitrogens with one attached hydrogen (secondary N) is 1. The smallest absolute Gasteiger partial charge is 0.252 e. The van der Waals surface area contributed by atoms with Crippen LogP contribution in [-0.4, -0.2) is 12.5 Å². The van der Waals surface area contributed by atoms with Crippen molar-refractivity contribution in [2.24, 2.45) is 5.92 Å². The fourth-order valence-electron chi connectivity index (χ4n) is 2.39. The molecule has 3 heteroatoms. The van der Waals surface area contributed by atoms with Gasteiger partial charge in [0.1, 0.15) is 0 Å². The maximum Gasteiger partial charge on any atom is 0.252 e. The Morgan fingerprint density at radius 2 is 2.25 bits per heavy atom. The normalized spacial score (nSPS) is 16.5. The highest BCUT2D eigenvalue weighted by atomic mass is 32.1. The third-order valence-corrected chi connectivity index (χ3v) is 4.02. The van der Waals surface area contributed by atoms with E-state index >= 15 is 0 Å². The molecule has 0 radical (unpaired) electrons. The first-order chi connectivity index (χ1) is 7.86. The molecule has 2 nitrogen and oxygen atoms in total. The Balaban J connectivity index is 1.59. The molecule has 1 saturated carbocycles. The van der Waals surface area contributed by atoms with E-state index < -0.39 is 0 Å². The average Bonchev–Trinajstić information content (AvgIpc) is 2.96. The molecule has 0 spiro atoms. The van der Waals surface area contributed by atoms with Crippen molar-refractivity contribution in [1.82, 2.24) is 5.32 Å². The molecular weight excluding hydrogens is 218 g/mol. The molecule has 1 aromatic heterocycles. The number of amides is 1. The largest absolute Gasteiger partial charge is 0.352 e. The first-order valence-corrected chi connectivity index (χ1v) is 7.11. The highest BCUT2D eigenvalue weighted by Crippen LogP contribution is 2.28. The van der Waals surface area contributed by atoms with Crippen molar-refractivity contribution < 1.29 is 4.79 Å². The second-order valence-electron chi connectivity index (χ2n) is 4.56. The third kappa shape index (κ3) is 3.34. The third-order valence-electron chi connectivity index (χ3n) is 3.33. The van der Waals surface area contributed by atoms with E-state index in [-0.39, 0.29) is 5.91 Å². The number of hydrogen-bond donors (Lipinski definition) is 1. The molecule has 1 aromatic rings. The molecule has 2 rings (SSSR count). The summed E-state index contributed by atoms with van der Waals surface area (Å²) in [5.41, 5.74) is 0.797. The van der Waals surface area contributed by atoms with Crippen molar-refractivity contribution >= 4 is 17.2 Å². The molecule has 1 fully saturated rings. The highest BCUT2D eigenvalue weighted by Gasteiger charge is 2.14. The van der Waals surface area contributed by atoms with E-state index in [1.807, 2.05) is 16.8 Å². The van der Waals surface area contributed by atoms with E-state index in [2.05, 4.69) is 5.32 Å². The van der Waals surface area contributed by atoms with Crippen LogP contribution in [0.15, 0.2) is 16.8 Å². The summed E-state index contributed by atoms with van der Waals surface area (Å²) in [5.74, 6) is 1.01. The van der Waals surface area contributed by atoms with Gasteiger partial charge in [-0.05, 0) is 30.2 Å². The van der Waals surface area contributed by atoms with Crippen molar-refractivity contribution in [3.8, 4) is 0 Å². The monoisotopic (exact) mass is 237 g/mol. The van der Waals surface area contributed by atoms with Crippen LogP contribution in [-0.2, 0) is 0 Å². The van der Waals surface area contributed by atoms with Gasteiger partial charge in [-0.15, -0.1) is 0 Å². The van der Waals surface area contributed by atoms with Gasteiger partial charge < -0.3 is 5.32 Å². The van der Waals surface area contributed by atoms with Gasteiger partial charge in [0.25, 0.3) is 5.91 Å². The zero-order chi connectivity index (χ0) is 11.2. The van der Waals surface area contributed by atoms with Crippen LogP contribution >= 0.6 is 11.3 Å². The van der Waals surface area contributed by atoms with Gasteiger partial charge in [0.2, 0.25) is 0 Å². The number of thiophene rings is 1. The molecular formula is C13H19NOS. The standard InChI is InChI=1S/C13H19NOS/c15-13(12-7-9-16-10-12)14-8-3-6-11-4-1-2-5-11/h7,9-11H,1-6,8H2,(H,14,15). The number of carbonyl (C=O) groups is 1. The summed E-state index contributed by atoms with van der Waals surface area (Å²) in [6, 6.07) is 1.87. The Morgan fingerprint density at radius 3 is 2.94 bits per heavy atom. The molecule has 1 aliphatic carbocycles. The van der Waals surface area contributed by atoms with Crippen molar-refractivity contribution in [2.45, 2.75) is 38.5 Å². The van der Waals surface area contributed by atoms with E-state index in [1.54, 1.807) is 11.3 Å². The van der Waals surface area contributed by atoms with Gasteiger partial charge >= 0.3 is 0 Å².